The van der Waals surface area contributed by atoms with Crippen LogP contribution in [-0.4, -0.2) is 13.2 Å². The Balaban J connectivity index is 1.79. The van der Waals surface area contributed by atoms with Gasteiger partial charge >= 0.3 is 0 Å². The van der Waals surface area contributed by atoms with Gasteiger partial charge in [-0.15, -0.1) is 0 Å². The number of nitrogens with two attached hydrogens (primary N) is 1. The molecule has 0 amide bonds. The molecular weight excluding hydrogens is 226 g/mol. The van der Waals surface area contributed by atoms with Crippen LogP contribution in [0.25, 0.3) is 0 Å². The molecule has 2 N–H and O–H groups in total. The first-order valence-corrected chi connectivity index (χ1v) is 6.89. The molecule has 0 radical (unpaired) electrons. The third kappa shape index (κ3) is 2.19. The molecular formula is C15H21NO2. The SMILES string of the molecule is CC1CCC(C(N)c2ccc3c(c2)OCCO3)C1. The van der Waals surface area contributed by atoms with E-state index in [9.17, 15) is 0 Å². The first-order valence-electron chi connectivity index (χ1n) is 6.89. The van der Waals surface area contributed by atoms with Gasteiger partial charge in [0.1, 0.15) is 13.2 Å². The molecule has 2 aliphatic rings. The summed E-state index contributed by atoms with van der Waals surface area (Å²) in [6, 6.07) is 6.26. The van der Waals surface area contributed by atoms with E-state index >= 15 is 0 Å². The zero-order valence-electron chi connectivity index (χ0n) is 10.9. The topological polar surface area (TPSA) is 44.5 Å². The molecule has 0 aromatic heterocycles. The molecule has 1 aliphatic carbocycles. The normalized spacial score (nSPS) is 28.1. The Hall–Kier alpha value is -1.22. The minimum absolute atomic E-state index is 0.130. The Labute approximate surface area is 108 Å². The minimum atomic E-state index is 0.130. The summed E-state index contributed by atoms with van der Waals surface area (Å²) in [6.45, 7) is 3.58. The van der Waals surface area contributed by atoms with Crippen LogP contribution in [0.2, 0.25) is 0 Å². The number of benzene rings is 1. The second-order valence-corrected chi connectivity index (χ2v) is 5.61. The van der Waals surface area contributed by atoms with Crippen LogP contribution in [0, 0.1) is 11.8 Å². The Bertz CT molecular complexity index is 433. The molecule has 0 spiro atoms. The average molecular weight is 247 g/mol. The van der Waals surface area contributed by atoms with E-state index in [0.717, 1.165) is 17.4 Å². The van der Waals surface area contributed by atoms with E-state index in [2.05, 4.69) is 19.1 Å². The minimum Gasteiger partial charge on any atom is -0.486 e. The number of rotatable bonds is 2. The summed E-state index contributed by atoms with van der Waals surface area (Å²) in [5.74, 6) is 3.12. The summed E-state index contributed by atoms with van der Waals surface area (Å²) < 4.78 is 11.2. The lowest BCUT2D eigenvalue weighted by atomic mass is 9.91. The quantitative estimate of drug-likeness (QED) is 0.874. The lowest BCUT2D eigenvalue weighted by Crippen LogP contribution is -2.20. The molecule has 3 nitrogen and oxygen atoms in total. The highest BCUT2D eigenvalue weighted by molar-refractivity contribution is 5.44. The van der Waals surface area contributed by atoms with Gasteiger partial charge in [0.2, 0.25) is 0 Å². The van der Waals surface area contributed by atoms with E-state index in [0.29, 0.717) is 19.1 Å². The van der Waals surface area contributed by atoms with E-state index in [-0.39, 0.29) is 6.04 Å². The maximum atomic E-state index is 6.40. The molecule has 3 unspecified atom stereocenters. The van der Waals surface area contributed by atoms with Crippen LogP contribution in [0.4, 0.5) is 0 Å². The largest absolute Gasteiger partial charge is 0.486 e. The van der Waals surface area contributed by atoms with Crippen molar-refractivity contribution in [2.24, 2.45) is 17.6 Å². The fraction of sp³-hybridized carbons (Fsp3) is 0.600. The molecule has 1 saturated carbocycles. The Kier molecular flexibility index (Phi) is 3.16. The van der Waals surface area contributed by atoms with E-state index in [1.165, 1.54) is 24.8 Å². The molecule has 3 heteroatoms. The summed E-state index contributed by atoms with van der Waals surface area (Å²) in [7, 11) is 0. The van der Waals surface area contributed by atoms with Crippen molar-refractivity contribution in [2.75, 3.05) is 13.2 Å². The predicted molar refractivity (Wildman–Crippen MR) is 70.9 cm³/mol. The number of hydrogen-bond acceptors (Lipinski definition) is 3. The Morgan fingerprint density at radius 2 is 1.94 bits per heavy atom. The monoisotopic (exact) mass is 247 g/mol. The maximum absolute atomic E-state index is 6.40. The maximum Gasteiger partial charge on any atom is 0.161 e. The van der Waals surface area contributed by atoms with Crippen LogP contribution < -0.4 is 15.2 Å². The third-order valence-corrected chi connectivity index (χ3v) is 4.19. The van der Waals surface area contributed by atoms with Gasteiger partial charge in [0, 0.05) is 6.04 Å². The number of hydrogen-bond donors (Lipinski definition) is 1. The van der Waals surface area contributed by atoms with Gasteiger partial charge in [-0.2, -0.15) is 0 Å². The van der Waals surface area contributed by atoms with Gasteiger partial charge in [-0.1, -0.05) is 19.4 Å². The molecule has 1 aliphatic heterocycles. The molecule has 0 saturated heterocycles. The first kappa shape index (κ1) is 11.8. The summed E-state index contributed by atoms with van der Waals surface area (Å²) in [4.78, 5) is 0. The predicted octanol–water partition coefficient (Wildman–Crippen LogP) is 2.89. The highest BCUT2D eigenvalue weighted by atomic mass is 16.6. The molecule has 1 aromatic carbocycles. The fourth-order valence-corrected chi connectivity index (χ4v) is 3.12. The highest BCUT2D eigenvalue weighted by Gasteiger charge is 2.28. The van der Waals surface area contributed by atoms with Crippen molar-refractivity contribution in [1.29, 1.82) is 0 Å². The van der Waals surface area contributed by atoms with Crippen molar-refractivity contribution in [2.45, 2.75) is 32.2 Å². The van der Waals surface area contributed by atoms with Gasteiger partial charge in [-0.05, 0) is 42.4 Å². The highest BCUT2D eigenvalue weighted by Crippen LogP contribution is 2.40. The van der Waals surface area contributed by atoms with Crippen molar-refractivity contribution in [3.8, 4) is 11.5 Å². The van der Waals surface area contributed by atoms with Crippen molar-refractivity contribution in [3.05, 3.63) is 23.8 Å². The van der Waals surface area contributed by atoms with E-state index in [1.54, 1.807) is 0 Å². The summed E-state index contributed by atoms with van der Waals surface area (Å²) in [6.07, 6.45) is 3.80. The molecule has 0 bridgehead atoms. The van der Waals surface area contributed by atoms with Crippen molar-refractivity contribution < 1.29 is 9.47 Å². The third-order valence-electron chi connectivity index (χ3n) is 4.19. The fourth-order valence-electron chi connectivity index (χ4n) is 3.12. The summed E-state index contributed by atoms with van der Waals surface area (Å²) >= 11 is 0. The zero-order valence-corrected chi connectivity index (χ0v) is 10.9. The van der Waals surface area contributed by atoms with Crippen molar-refractivity contribution in [3.63, 3.8) is 0 Å². The standard InChI is InChI=1S/C15H21NO2/c1-10-2-3-11(8-10)15(16)12-4-5-13-14(9-12)18-7-6-17-13/h4-5,9-11,15H,2-3,6-8,16H2,1H3. The van der Waals surface area contributed by atoms with Gasteiger partial charge in [-0.25, -0.2) is 0 Å². The van der Waals surface area contributed by atoms with Gasteiger partial charge in [0.25, 0.3) is 0 Å². The number of ether oxygens (including phenoxy) is 2. The van der Waals surface area contributed by atoms with Gasteiger partial charge in [-0.3, -0.25) is 0 Å². The van der Waals surface area contributed by atoms with Crippen LogP contribution in [0.5, 0.6) is 11.5 Å². The van der Waals surface area contributed by atoms with Gasteiger partial charge in [0.15, 0.2) is 11.5 Å². The second kappa shape index (κ2) is 4.81. The van der Waals surface area contributed by atoms with Crippen LogP contribution in [-0.2, 0) is 0 Å². The second-order valence-electron chi connectivity index (χ2n) is 5.61. The molecule has 3 atom stereocenters. The molecule has 98 valence electrons. The first-order chi connectivity index (χ1) is 8.74. The van der Waals surface area contributed by atoms with Gasteiger partial charge < -0.3 is 15.2 Å². The molecule has 1 heterocycles. The summed E-state index contributed by atoms with van der Waals surface area (Å²) in [5.41, 5.74) is 7.58. The molecule has 1 aromatic rings. The molecule has 18 heavy (non-hydrogen) atoms. The number of fused-ring (bicyclic) bond motifs is 1. The van der Waals surface area contributed by atoms with E-state index in [4.69, 9.17) is 15.2 Å². The van der Waals surface area contributed by atoms with Crippen molar-refractivity contribution in [1.82, 2.24) is 0 Å². The van der Waals surface area contributed by atoms with Crippen LogP contribution in [0.1, 0.15) is 37.8 Å². The van der Waals surface area contributed by atoms with Gasteiger partial charge in [0.05, 0.1) is 0 Å². The zero-order chi connectivity index (χ0) is 12.5. The lowest BCUT2D eigenvalue weighted by molar-refractivity contribution is 0.171. The Morgan fingerprint density at radius 3 is 2.67 bits per heavy atom. The van der Waals surface area contributed by atoms with E-state index < -0.39 is 0 Å². The Morgan fingerprint density at radius 1 is 1.17 bits per heavy atom. The lowest BCUT2D eigenvalue weighted by Gasteiger charge is -2.23. The van der Waals surface area contributed by atoms with Crippen molar-refractivity contribution >= 4 is 0 Å². The van der Waals surface area contributed by atoms with Crippen LogP contribution >= 0.6 is 0 Å². The van der Waals surface area contributed by atoms with Crippen LogP contribution in [0.3, 0.4) is 0 Å². The average Bonchev–Trinajstić information content (AvgIpc) is 2.84. The summed E-state index contributed by atoms with van der Waals surface area (Å²) in [5, 5.41) is 0. The smallest absolute Gasteiger partial charge is 0.161 e. The molecule has 3 rings (SSSR count). The molecule has 1 fully saturated rings. The van der Waals surface area contributed by atoms with Crippen LogP contribution in [0.15, 0.2) is 18.2 Å². The van der Waals surface area contributed by atoms with E-state index in [1.807, 2.05) is 6.07 Å².